The monoisotopic (exact) mass is 449 g/mol. The zero-order valence-corrected chi connectivity index (χ0v) is 18.1. The molecule has 3 amide bonds. The van der Waals surface area contributed by atoms with Gasteiger partial charge in [-0.25, -0.2) is 0 Å². The Morgan fingerprint density at radius 1 is 1.06 bits per heavy atom. The highest BCUT2D eigenvalue weighted by Gasteiger charge is 2.25. The van der Waals surface area contributed by atoms with E-state index in [1.807, 2.05) is 0 Å². The molecule has 7 N–H and O–H groups in total. The largest absolute Gasteiger partial charge is 0.497 e. The lowest BCUT2D eigenvalue weighted by Crippen LogP contribution is -2.49. The van der Waals surface area contributed by atoms with Crippen molar-refractivity contribution in [1.82, 2.24) is 16.0 Å². The number of guanidine groups is 1. The Kier molecular flexibility index (Phi) is 11.9. The molecule has 0 bridgehead atoms. The van der Waals surface area contributed by atoms with Gasteiger partial charge in [0.05, 0.1) is 13.5 Å². The fraction of sp³-hybridized carbons (Fsp3) is 0.476. The van der Waals surface area contributed by atoms with Gasteiger partial charge in [-0.05, 0) is 37.1 Å². The lowest BCUT2D eigenvalue weighted by atomic mass is 10.1. The van der Waals surface area contributed by atoms with Crippen molar-refractivity contribution in [3.05, 3.63) is 29.8 Å². The molecular formula is C21H31N5O6. The number of rotatable bonds is 14. The fourth-order valence-electron chi connectivity index (χ4n) is 2.83. The molecule has 0 unspecified atom stereocenters. The molecule has 0 aromatic heterocycles. The van der Waals surface area contributed by atoms with Gasteiger partial charge in [0.15, 0.2) is 5.96 Å². The minimum Gasteiger partial charge on any atom is -0.497 e. The van der Waals surface area contributed by atoms with Crippen LogP contribution in [-0.2, 0) is 14.4 Å². The summed E-state index contributed by atoms with van der Waals surface area (Å²) in [6, 6.07) is 4.66. The first-order valence-electron chi connectivity index (χ1n) is 10.3. The first-order valence-corrected chi connectivity index (χ1v) is 10.3. The van der Waals surface area contributed by atoms with Crippen LogP contribution in [0.1, 0.15) is 55.3 Å². The molecule has 0 aliphatic heterocycles. The van der Waals surface area contributed by atoms with Crippen LogP contribution in [0.3, 0.4) is 0 Å². The van der Waals surface area contributed by atoms with Crippen LogP contribution in [-0.4, -0.2) is 54.5 Å². The molecule has 0 aliphatic carbocycles. The molecule has 11 heteroatoms. The maximum Gasteiger partial charge on any atom is 0.305 e. The molecular weight excluding hydrogens is 418 g/mol. The molecule has 11 nitrogen and oxygen atoms in total. The van der Waals surface area contributed by atoms with Crippen LogP contribution in [0.5, 0.6) is 5.75 Å². The Labute approximate surface area is 186 Å². The standard InChI is InChI=1S/C21H31N5O6/c1-32-15-10-8-14(9-11-15)19(30)26-20(31)16(13-18(28)29)25-17(27)7-5-3-2-4-6-12-24-21(22)23/h8-11,16H,2-7,12-13H2,1H3,(H,25,27)(H,28,29)(H4,22,23,24)(H,26,30,31)/t16-/m0/s1. The normalized spacial score (nSPS) is 11.2. The number of nitrogens with two attached hydrogens (primary N) is 1. The Balaban J connectivity index is 2.45. The Morgan fingerprint density at radius 3 is 2.28 bits per heavy atom. The summed E-state index contributed by atoms with van der Waals surface area (Å²) in [4.78, 5) is 47.9. The molecule has 176 valence electrons. The van der Waals surface area contributed by atoms with Crippen molar-refractivity contribution in [2.24, 2.45) is 5.73 Å². The maximum atomic E-state index is 12.4. The van der Waals surface area contributed by atoms with Gasteiger partial charge in [0.1, 0.15) is 11.8 Å². The summed E-state index contributed by atoms with van der Waals surface area (Å²) in [6.45, 7) is 0.622. The van der Waals surface area contributed by atoms with E-state index in [1.165, 1.54) is 19.2 Å². The molecule has 1 atom stereocenters. The van der Waals surface area contributed by atoms with Crippen LogP contribution in [0.15, 0.2) is 24.3 Å². The summed E-state index contributed by atoms with van der Waals surface area (Å²) in [7, 11) is 1.48. The number of imide groups is 1. The van der Waals surface area contributed by atoms with E-state index in [0.717, 1.165) is 25.7 Å². The molecule has 0 spiro atoms. The van der Waals surface area contributed by atoms with Gasteiger partial charge in [-0.3, -0.25) is 29.9 Å². The average Bonchev–Trinajstić information content (AvgIpc) is 2.74. The van der Waals surface area contributed by atoms with E-state index in [0.29, 0.717) is 18.7 Å². The third kappa shape index (κ3) is 11.0. The molecule has 0 radical (unpaired) electrons. The summed E-state index contributed by atoms with van der Waals surface area (Å²) in [5.41, 5.74) is 5.38. The number of benzene rings is 1. The van der Waals surface area contributed by atoms with E-state index in [9.17, 15) is 19.2 Å². The molecule has 0 aliphatic rings. The lowest BCUT2D eigenvalue weighted by Gasteiger charge is -2.16. The first kappa shape index (κ1) is 26.4. The van der Waals surface area contributed by atoms with Crippen molar-refractivity contribution in [2.75, 3.05) is 13.7 Å². The van der Waals surface area contributed by atoms with E-state index in [4.69, 9.17) is 21.0 Å². The number of aliphatic carboxylic acids is 1. The molecule has 32 heavy (non-hydrogen) atoms. The molecule has 0 heterocycles. The van der Waals surface area contributed by atoms with Crippen molar-refractivity contribution < 1.29 is 29.0 Å². The zero-order chi connectivity index (χ0) is 23.9. The van der Waals surface area contributed by atoms with Gasteiger partial charge in [0.25, 0.3) is 5.91 Å². The second-order valence-electron chi connectivity index (χ2n) is 7.12. The number of amides is 3. The van der Waals surface area contributed by atoms with Gasteiger partial charge in [-0.2, -0.15) is 0 Å². The Hall–Kier alpha value is -3.63. The number of carbonyl (C=O) groups is 4. The van der Waals surface area contributed by atoms with E-state index < -0.39 is 36.2 Å². The zero-order valence-electron chi connectivity index (χ0n) is 18.1. The van der Waals surface area contributed by atoms with E-state index in [2.05, 4.69) is 16.0 Å². The van der Waals surface area contributed by atoms with Crippen LogP contribution < -0.4 is 26.4 Å². The predicted octanol–water partition coefficient (Wildman–Crippen LogP) is 0.735. The number of ether oxygens (including phenoxy) is 1. The highest BCUT2D eigenvalue weighted by atomic mass is 16.5. The predicted molar refractivity (Wildman–Crippen MR) is 117 cm³/mol. The minimum atomic E-state index is -1.36. The fourth-order valence-corrected chi connectivity index (χ4v) is 2.83. The number of carboxylic acids is 1. The second-order valence-corrected chi connectivity index (χ2v) is 7.12. The summed E-state index contributed by atoms with van der Waals surface area (Å²) < 4.78 is 5.00. The van der Waals surface area contributed by atoms with Gasteiger partial charge in [-0.1, -0.05) is 19.3 Å². The summed E-state index contributed by atoms with van der Waals surface area (Å²) in [5, 5.41) is 23.3. The summed E-state index contributed by atoms with van der Waals surface area (Å²) in [5.74, 6) is -2.85. The molecule has 0 fully saturated rings. The molecule has 0 saturated heterocycles. The van der Waals surface area contributed by atoms with Gasteiger partial charge in [-0.15, -0.1) is 0 Å². The van der Waals surface area contributed by atoms with E-state index >= 15 is 0 Å². The van der Waals surface area contributed by atoms with Gasteiger partial charge in [0.2, 0.25) is 11.8 Å². The second kappa shape index (κ2) is 14.4. The van der Waals surface area contributed by atoms with E-state index in [1.54, 1.807) is 12.1 Å². The number of carboxylic acid groups (broad SMARTS) is 1. The maximum absolute atomic E-state index is 12.4. The molecule has 0 saturated carbocycles. The minimum absolute atomic E-state index is 0.0627. The number of hydrogen-bond acceptors (Lipinski definition) is 6. The average molecular weight is 450 g/mol. The summed E-state index contributed by atoms with van der Waals surface area (Å²) in [6.07, 6.45) is 3.53. The van der Waals surface area contributed by atoms with Crippen molar-refractivity contribution >= 4 is 29.7 Å². The van der Waals surface area contributed by atoms with Crippen LogP contribution in [0.4, 0.5) is 0 Å². The van der Waals surface area contributed by atoms with Crippen molar-refractivity contribution in [1.29, 1.82) is 5.41 Å². The number of methoxy groups -OCH3 is 1. The van der Waals surface area contributed by atoms with Gasteiger partial charge >= 0.3 is 5.97 Å². The number of nitrogens with one attached hydrogen (secondary N) is 4. The van der Waals surface area contributed by atoms with Gasteiger partial charge in [0, 0.05) is 18.5 Å². The smallest absolute Gasteiger partial charge is 0.305 e. The van der Waals surface area contributed by atoms with Gasteiger partial charge < -0.3 is 26.2 Å². The number of hydrogen-bond donors (Lipinski definition) is 6. The summed E-state index contributed by atoms with van der Waals surface area (Å²) >= 11 is 0. The van der Waals surface area contributed by atoms with E-state index in [-0.39, 0.29) is 17.9 Å². The molecule has 1 aromatic rings. The third-order valence-electron chi connectivity index (χ3n) is 4.52. The molecule has 1 rings (SSSR count). The number of carbonyl (C=O) groups excluding carboxylic acids is 3. The topological polar surface area (TPSA) is 184 Å². The van der Waals surface area contributed by atoms with Crippen LogP contribution in [0, 0.1) is 5.41 Å². The Morgan fingerprint density at radius 2 is 1.69 bits per heavy atom. The number of unbranched alkanes of at least 4 members (excludes halogenated alkanes) is 4. The SMILES string of the molecule is COc1ccc(C(=O)NC(=O)[C@H](CC(=O)O)NC(=O)CCCCCCCNC(=N)N)cc1. The third-order valence-corrected chi connectivity index (χ3v) is 4.52. The van der Waals surface area contributed by atoms with Crippen LogP contribution in [0.25, 0.3) is 0 Å². The Bertz CT molecular complexity index is 796. The van der Waals surface area contributed by atoms with Crippen molar-refractivity contribution in [3.63, 3.8) is 0 Å². The first-order chi connectivity index (χ1) is 15.2. The highest BCUT2D eigenvalue weighted by Crippen LogP contribution is 2.11. The van der Waals surface area contributed by atoms with Crippen molar-refractivity contribution in [2.45, 2.75) is 51.0 Å². The van der Waals surface area contributed by atoms with Crippen molar-refractivity contribution in [3.8, 4) is 5.75 Å². The molecule has 1 aromatic carbocycles. The quantitative estimate of drug-likeness (QED) is 0.136. The van der Waals surface area contributed by atoms with Crippen LogP contribution in [0.2, 0.25) is 0 Å². The van der Waals surface area contributed by atoms with Crippen LogP contribution >= 0.6 is 0 Å². The lowest BCUT2D eigenvalue weighted by molar-refractivity contribution is -0.140. The highest BCUT2D eigenvalue weighted by molar-refractivity contribution is 6.07.